The topological polar surface area (TPSA) is 72.9 Å². The van der Waals surface area contributed by atoms with E-state index in [4.69, 9.17) is 0 Å². The molecule has 0 bridgehead atoms. The van der Waals surface area contributed by atoms with Crippen LogP contribution in [0.5, 0.6) is 0 Å². The number of aromatic nitrogens is 2. The van der Waals surface area contributed by atoms with Crippen molar-refractivity contribution < 1.29 is 22.8 Å². The van der Waals surface area contributed by atoms with Gasteiger partial charge in [-0.05, 0) is 31.2 Å². The number of carbonyl (C=O) groups is 2. The van der Waals surface area contributed by atoms with Crippen molar-refractivity contribution >= 4 is 23.6 Å². The van der Waals surface area contributed by atoms with E-state index in [0.29, 0.717) is 44.4 Å². The molecule has 170 valence electrons. The number of nitrogens with zero attached hydrogens (tertiary/aromatic N) is 6. The van der Waals surface area contributed by atoms with Gasteiger partial charge in [-0.1, -0.05) is 12.1 Å². The molecule has 2 saturated heterocycles. The fourth-order valence-electron chi connectivity index (χ4n) is 3.95. The van der Waals surface area contributed by atoms with Crippen LogP contribution in [0.4, 0.5) is 29.6 Å². The summed E-state index contributed by atoms with van der Waals surface area (Å²) in [5, 5.41) is 8.39. The van der Waals surface area contributed by atoms with Gasteiger partial charge in [0.2, 0.25) is 0 Å². The molecule has 0 radical (unpaired) electrons. The minimum absolute atomic E-state index is 0.0965. The van der Waals surface area contributed by atoms with Gasteiger partial charge in [-0.3, -0.25) is 9.69 Å². The predicted octanol–water partition coefficient (Wildman–Crippen LogP) is 2.72. The second-order valence-electron chi connectivity index (χ2n) is 7.59. The quantitative estimate of drug-likeness (QED) is 0.719. The van der Waals surface area contributed by atoms with Gasteiger partial charge in [0, 0.05) is 45.8 Å². The Bertz CT molecular complexity index is 990. The van der Waals surface area contributed by atoms with Crippen molar-refractivity contribution in [2.45, 2.75) is 13.1 Å². The molecule has 11 heteroatoms. The largest absolute Gasteiger partial charge is 0.417 e. The number of amides is 3. The van der Waals surface area contributed by atoms with Crippen molar-refractivity contribution in [3.05, 3.63) is 47.5 Å². The number of anilines is 2. The van der Waals surface area contributed by atoms with Crippen molar-refractivity contribution in [2.24, 2.45) is 0 Å². The number of rotatable bonds is 4. The number of urea groups is 1. The van der Waals surface area contributed by atoms with E-state index in [1.165, 1.54) is 23.1 Å². The number of alkyl halides is 3. The molecule has 1 aromatic heterocycles. The van der Waals surface area contributed by atoms with Crippen molar-refractivity contribution in [3.63, 3.8) is 0 Å². The molecule has 3 heterocycles. The molecule has 32 heavy (non-hydrogen) atoms. The van der Waals surface area contributed by atoms with E-state index in [1.54, 1.807) is 21.9 Å². The Labute approximate surface area is 183 Å². The Kier molecular flexibility index (Phi) is 5.90. The number of hydrogen-bond acceptors (Lipinski definition) is 5. The zero-order chi connectivity index (χ0) is 22.9. The second kappa shape index (κ2) is 8.64. The highest BCUT2D eigenvalue weighted by Crippen LogP contribution is 2.32. The lowest BCUT2D eigenvalue weighted by Crippen LogP contribution is -2.49. The number of likely N-dealkylation sites (N-methyl/N-ethyl adjacent to an activating group) is 1. The fraction of sp³-hybridized carbons (Fsp3) is 0.429. The highest BCUT2D eigenvalue weighted by Gasteiger charge is 2.36. The zero-order valence-electron chi connectivity index (χ0n) is 17.5. The molecular weight excluding hydrogens is 425 g/mol. The smallest absolute Gasteiger partial charge is 0.352 e. The van der Waals surface area contributed by atoms with Crippen LogP contribution in [0.15, 0.2) is 36.4 Å². The van der Waals surface area contributed by atoms with Gasteiger partial charge >= 0.3 is 12.2 Å². The molecule has 2 fully saturated rings. The molecule has 8 nitrogen and oxygen atoms in total. The Balaban J connectivity index is 1.39. The molecule has 2 aliphatic heterocycles. The number of benzene rings is 1. The summed E-state index contributed by atoms with van der Waals surface area (Å²) in [5.74, 6) is 0.440. The molecule has 1 aromatic carbocycles. The Morgan fingerprint density at radius 2 is 1.59 bits per heavy atom. The highest BCUT2D eigenvalue weighted by molar-refractivity contribution is 5.96. The summed E-state index contributed by atoms with van der Waals surface area (Å²) < 4.78 is 39.7. The van der Waals surface area contributed by atoms with Crippen LogP contribution in [0, 0.1) is 0 Å². The number of piperazine rings is 1. The van der Waals surface area contributed by atoms with Crippen LogP contribution in [-0.2, 0) is 6.18 Å². The first kappa shape index (κ1) is 21.8. The van der Waals surface area contributed by atoms with Crippen molar-refractivity contribution in [3.8, 4) is 0 Å². The van der Waals surface area contributed by atoms with Gasteiger partial charge in [-0.15, -0.1) is 10.2 Å². The van der Waals surface area contributed by atoms with Crippen LogP contribution in [0.3, 0.4) is 0 Å². The minimum atomic E-state index is -4.59. The molecular formula is C21H23F3N6O2. The molecule has 4 rings (SSSR count). The van der Waals surface area contributed by atoms with E-state index in [-0.39, 0.29) is 24.7 Å². The minimum Gasteiger partial charge on any atom is -0.352 e. The fourth-order valence-corrected chi connectivity index (χ4v) is 3.95. The van der Waals surface area contributed by atoms with E-state index >= 15 is 0 Å². The molecule has 2 aliphatic rings. The molecule has 0 spiro atoms. The maximum atomic E-state index is 13.2. The lowest BCUT2D eigenvalue weighted by Gasteiger charge is -2.35. The van der Waals surface area contributed by atoms with Crippen LogP contribution in [0.25, 0.3) is 0 Å². The third kappa shape index (κ3) is 4.19. The van der Waals surface area contributed by atoms with Gasteiger partial charge < -0.3 is 14.7 Å². The first-order valence-electron chi connectivity index (χ1n) is 10.4. The molecule has 0 N–H and O–H groups in total. The van der Waals surface area contributed by atoms with E-state index in [1.807, 2.05) is 11.8 Å². The summed E-state index contributed by atoms with van der Waals surface area (Å²) in [6, 6.07) is 8.24. The molecule has 0 unspecified atom stereocenters. The zero-order valence-corrected chi connectivity index (χ0v) is 17.5. The number of hydrogen-bond donors (Lipinski definition) is 0. The van der Waals surface area contributed by atoms with E-state index in [9.17, 15) is 22.8 Å². The van der Waals surface area contributed by atoms with Crippen LogP contribution in [-0.4, -0.2) is 77.7 Å². The molecule has 0 aliphatic carbocycles. The van der Waals surface area contributed by atoms with Gasteiger partial charge in [0.1, 0.15) is 0 Å². The monoisotopic (exact) mass is 448 g/mol. The number of halogens is 3. The first-order valence-corrected chi connectivity index (χ1v) is 10.4. The summed E-state index contributed by atoms with van der Waals surface area (Å²) in [7, 11) is 0. The van der Waals surface area contributed by atoms with Crippen molar-refractivity contribution in [2.75, 3.05) is 55.6 Å². The van der Waals surface area contributed by atoms with Crippen molar-refractivity contribution in [1.82, 2.24) is 20.0 Å². The van der Waals surface area contributed by atoms with Gasteiger partial charge in [0.15, 0.2) is 11.6 Å². The summed E-state index contributed by atoms with van der Waals surface area (Å²) in [4.78, 5) is 31.7. The maximum Gasteiger partial charge on any atom is 0.417 e. The normalized spacial score (nSPS) is 17.3. The summed E-state index contributed by atoms with van der Waals surface area (Å²) in [5.41, 5.74) is -1.26. The highest BCUT2D eigenvalue weighted by atomic mass is 19.4. The summed E-state index contributed by atoms with van der Waals surface area (Å²) >= 11 is 0. The SMILES string of the molecule is CCN1CCN(c2ccc(N3CCN(C(=O)c4ccccc4C(F)(F)F)CC3)nn2)C1=O. The molecule has 3 amide bonds. The predicted molar refractivity (Wildman–Crippen MR) is 112 cm³/mol. The van der Waals surface area contributed by atoms with Crippen LogP contribution >= 0.6 is 0 Å². The average molecular weight is 448 g/mol. The van der Waals surface area contributed by atoms with Gasteiger partial charge in [0.25, 0.3) is 5.91 Å². The second-order valence-corrected chi connectivity index (χ2v) is 7.59. The Morgan fingerprint density at radius 3 is 2.19 bits per heavy atom. The van der Waals surface area contributed by atoms with Crippen LogP contribution in [0.2, 0.25) is 0 Å². The molecule has 0 atom stereocenters. The molecule has 2 aromatic rings. The van der Waals surface area contributed by atoms with Crippen molar-refractivity contribution in [1.29, 1.82) is 0 Å². The van der Waals surface area contributed by atoms with E-state index in [0.717, 1.165) is 6.07 Å². The summed E-state index contributed by atoms with van der Waals surface area (Å²) in [6.07, 6.45) is -4.59. The van der Waals surface area contributed by atoms with E-state index in [2.05, 4.69) is 10.2 Å². The third-order valence-electron chi connectivity index (χ3n) is 5.74. The third-order valence-corrected chi connectivity index (χ3v) is 5.74. The first-order chi connectivity index (χ1) is 15.3. The Hall–Kier alpha value is -3.37. The standard InChI is InChI=1S/C21H23F3N6O2/c1-2-27-13-14-30(20(27)32)18-8-7-17(25-26-18)28-9-11-29(12-10-28)19(31)15-5-3-4-6-16(15)21(22,23)24/h3-8H,2,9-14H2,1H3. The Morgan fingerprint density at radius 1 is 0.938 bits per heavy atom. The summed E-state index contributed by atoms with van der Waals surface area (Å²) in [6.45, 7) is 5.13. The lowest BCUT2D eigenvalue weighted by molar-refractivity contribution is -0.138. The maximum absolute atomic E-state index is 13.2. The number of carbonyl (C=O) groups excluding carboxylic acids is 2. The van der Waals surface area contributed by atoms with Gasteiger partial charge in [0.05, 0.1) is 11.1 Å². The lowest BCUT2D eigenvalue weighted by atomic mass is 10.1. The van der Waals surface area contributed by atoms with Gasteiger partial charge in [-0.25, -0.2) is 4.79 Å². The van der Waals surface area contributed by atoms with Gasteiger partial charge in [-0.2, -0.15) is 13.2 Å². The van der Waals surface area contributed by atoms with Crippen LogP contribution in [0.1, 0.15) is 22.8 Å². The average Bonchev–Trinajstić information content (AvgIpc) is 3.18. The molecule has 0 saturated carbocycles. The van der Waals surface area contributed by atoms with E-state index < -0.39 is 17.6 Å². The van der Waals surface area contributed by atoms with Crippen LogP contribution < -0.4 is 9.80 Å².